The highest BCUT2D eigenvalue weighted by molar-refractivity contribution is 5.97. The molecule has 0 spiro atoms. The number of esters is 1. The molecule has 1 aliphatic carbocycles. The first-order chi connectivity index (χ1) is 13.1. The largest absolute Gasteiger partial charge is 0.491 e. The van der Waals surface area contributed by atoms with Crippen molar-refractivity contribution in [2.24, 2.45) is 16.6 Å². The number of nitrogens with zero attached hydrogens (tertiary/aromatic N) is 2. The fourth-order valence-electron chi connectivity index (χ4n) is 2.69. The third-order valence-electron chi connectivity index (χ3n) is 4.43. The van der Waals surface area contributed by atoms with E-state index in [9.17, 15) is 4.79 Å². The van der Waals surface area contributed by atoms with Gasteiger partial charge >= 0.3 is 5.97 Å². The maximum atomic E-state index is 12.1. The highest BCUT2D eigenvalue weighted by Gasteiger charge is 2.22. The standard InChI is InChI=1S/C20H26N4O3/c1-3-26-20(25)19-16(17(21)6-7-23-19)10-22-9-15-8-13(2)18(11-24-15)27-12-14-4-5-14/h6-8,10-11,14,17,23H,3-5,9,12,21H2,1-2H3. The lowest BCUT2D eigenvalue weighted by Gasteiger charge is -2.18. The first-order valence-corrected chi connectivity index (χ1v) is 9.26. The molecule has 1 saturated carbocycles. The number of aliphatic imine (C=N–C) groups is 1. The number of ether oxygens (including phenoxy) is 2. The number of rotatable bonds is 8. The second kappa shape index (κ2) is 8.81. The Kier molecular flexibility index (Phi) is 6.24. The van der Waals surface area contributed by atoms with Gasteiger partial charge in [0.1, 0.15) is 11.4 Å². The third kappa shape index (κ3) is 5.17. The molecule has 144 valence electrons. The van der Waals surface area contributed by atoms with Gasteiger partial charge in [0, 0.05) is 11.8 Å². The number of pyridine rings is 1. The number of dihydropyridines is 1. The van der Waals surface area contributed by atoms with E-state index in [0.717, 1.165) is 23.6 Å². The Balaban J connectivity index is 1.65. The summed E-state index contributed by atoms with van der Waals surface area (Å²) < 4.78 is 10.9. The quantitative estimate of drug-likeness (QED) is 0.536. The lowest BCUT2D eigenvalue weighted by molar-refractivity contribution is -0.138. The predicted octanol–water partition coefficient (Wildman–Crippen LogP) is 2.01. The molecule has 1 aliphatic heterocycles. The van der Waals surface area contributed by atoms with Gasteiger partial charge in [0.25, 0.3) is 0 Å². The SMILES string of the molecule is CCOC(=O)C1=C(C=NCc2cc(C)c(OCC3CC3)cn2)C(N)C=CN1. The van der Waals surface area contributed by atoms with E-state index < -0.39 is 12.0 Å². The van der Waals surface area contributed by atoms with Crippen LogP contribution in [-0.4, -0.2) is 36.4 Å². The van der Waals surface area contributed by atoms with Crippen LogP contribution in [0, 0.1) is 12.8 Å². The number of carbonyl (C=O) groups is 1. The summed E-state index contributed by atoms with van der Waals surface area (Å²) in [5.74, 6) is 1.09. The number of aromatic nitrogens is 1. The monoisotopic (exact) mass is 370 g/mol. The van der Waals surface area contributed by atoms with Crippen LogP contribution in [0.1, 0.15) is 31.0 Å². The molecule has 0 saturated heterocycles. The summed E-state index contributed by atoms with van der Waals surface area (Å²) in [7, 11) is 0. The van der Waals surface area contributed by atoms with Crippen molar-refractivity contribution in [3.8, 4) is 5.75 Å². The van der Waals surface area contributed by atoms with E-state index in [1.807, 2.05) is 13.0 Å². The van der Waals surface area contributed by atoms with E-state index in [-0.39, 0.29) is 0 Å². The summed E-state index contributed by atoms with van der Waals surface area (Å²) in [6, 6.07) is 1.56. The van der Waals surface area contributed by atoms with E-state index in [2.05, 4.69) is 15.3 Å². The summed E-state index contributed by atoms with van der Waals surface area (Å²) in [6.07, 6.45) is 9.28. The number of aryl methyl sites for hydroxylation is 1. The van der Waals surface area contributed by atoms with Crippen LogP contribution in [0.4, 0.5) is 0 Å². The molecule has 2 heterocycles. The first-order valence-electron chi connectivity index (χ1n) is 9.26. The molecule has 0 aromatic carbocycles. The highest BCUT2D eigenvalue weighted by Crippen LogP contribution is 2.30. The average Bonchev–Trinajstić information content (AvgIpc) is 3.47. The molecular weight excluding hydrogens is 344 g/mol. The Bertz CT molecular complexity index is 781. The van der Waals surface area contributed by atoms with Crippen molar-refractivity contribution >= 4 is 12.2 Å². The van der Waals surface area contributed by atoms with Crippen LogP contribution in [-0.2, 0) is 16.1 Å². The topological polar surface area (TPSA) is 98.8 Å². The molecule has 0 radical (unpaired) electrons. The Morgan fingerprint density at radius 3 is 3.00 bits per heavy atom. The molecule has 1 fully saturated rings. The lowest BCUT2D eigenvalue weighted by atomic mass is 10.0. The van der Waals surface area contributed by atoms with Crippen molar-refractivity contribution in [1.82, 2.24) is 10.3 Å². The van der Waals surface area contributed by atoms with Crippen molar-refractivity contribution < 1.29 is 14.3 Å². The van der Waals surface area contributed by atoms with Crippen molar-refractivity contribution in [1.29, 1.82) is 0 Å². The fraction of sp³-hybridized carbons (Fsp3) is 0.450. The fourth-order valence-corrected chi connectivity index (χ4v) is 2.69. The Morgan fingerprint density at radius 1 is 1.48 bits per heavy atom. The van der Waals surface area contributed by atoms with Crippen LogP contribution in [0.5, 0.6) is 5.75 Å². The van der Waals surface area contributed by atoms with Crippen molar-refractivity contribution in [3.05, 3.63) is 47.1 Å². The van der Waals surface area contributed by atoms with Crippen LogP contribution in [0.15, 0.2) is 40.8 Å². The minimum absolute atomic E-state index is 0.297. The Labute approximate surface area is 159 Å². The molecule has 3 rings (SSSR count). The lowest BCUT2D eigenvalue weighted by Crippen LogP contribution is -2.33. The van der Waals surface area contributed by atoms with Crippen LogP contribution in [0.25, 0.3) is 0 Å². The van der Waals surface area contributed by atoms with Crippen LogP contribution in [0.2, 0.25) is 0 Å². The summed E-state index contributed by atoms with van der Waals surface area (Å²) in [5.41, 5.74) is 8.86. The van der Waals surface area contributed by atoms with Gasteiger partial charge in [0.2, 0.25) is 0 Å². The Hall–Kier alpha value is -2.67. The molecule has 1 atom stereocenters. The van der Waals surface area contributed by atoms with Gasteiger partial charge in [-0.25, -0.2) is 4.79 Å². The van der Waals surface area contributed by atoms with Gasteiger partial charge in [-0.3, -0.25) is 9.98 Å². The molecule has 7 nitrogen and oxygen atoms in total. The zero-order valence-electron chi connectivity index (χ0n) is 15.8. The molecule has 1 aromatic heterocycles. The molecule has 1 aromatic rings. The maximum Gasteiger partial charge on any atom is 0.355 e. The van der Waals surface area contributed by atoms with Gasteiger partial charge in [-0.1, -0.05) is 0 Å². The smallest absolute Gasteiger partial charge is 0.355 e. The zero-order chi connectivity index (χ0) is 19.2. The van der Waals surface area contributed by atoms with E-state index in [0.29, 0.717) is 30.3 Å². The van der Waals surface area contributed by atoms with Gasteiger partial charge in [0.15, 0.2) is 0 Å². The van der Waals surface area contributed by atoms with E-state index >= 15 is 0 Å². The van der Waals surface area contributed by atoms with Crippen LogP contribution >= 0.6 is 0 Å². The number of hydrogen-bond donors (Lipinski definition) is 2. The molecule has 2 aliphatic rings. The number of nitrogens with two attached hydrogens (primary N) is 1. The van der Waals surface area contributed by atoms with Gasteiger partial charge in [-0.15, -0.1) is 0 Å². The van der Waals surface area contributed by atoms with Gasteiger partial charge < -0.3 is 20.5 Å². The maximum absolute atomic E-state index is 12.1. The highest BCUT2D eigenvalue weighted by atomic mass is 16.5. The molecule has 0 amide bonds. The van der Waals surface area contributed by atoms with Crippen LogP contribution in [0.3, 0.4) is 0 Å². The van der Waals surface area contributed by atoms with Crippen molar-refractivity contribution in [2.75, 3.05) is 13.2 Å². The summed E-state index contributed by atoms with van der Waals surface area (Å²) in [4.78, 5) is 20.9. The van der Waals surface area contributed by atoms with Gasteiger partial charge in [-0.05, 0) is 56.5 Å². The van der Waals surface area contributed by atoms with Crippen molar-refractivity contribution in [2.45, 2.75) is 39.3 Å². The Morgan fingerprint density at radius 2 is 2.30 bits per heavy atom. The predicted molar refractivity (Wildman–Crippen MR) is 103 cm³/mol. The van der Waals surface area contributed by atoms with Gasteiger partial charge in [0.05, 0.1) is 37.7 Å². The summed E-state index contributed by atoms with van der Waals surface area (Å²) in [6.45, 7) is 5.22. The molecular formula is C20H26N4O3. The van der Waals surface area contributed by atoms with Crippen LogP contribution < -0.4 is 15.8 Å². The molecule has 1 unspecified atom stereocenters. The zero-order valence-corrected chi connectivity index (χ0v) is 15.8. The minimum Gasteiger partial charge on any atom is -0.491 e. The summed E-state index contributed by atoms with van der Waals surface area (Å²) in [5, 5.41) is 2.90. The molecule has 27 heavy (non-hydrogen) atoms. The third-order valence-corrected chi connectivity index (χ3v) is 4.43. The normalized spacial score (nSPS) is 19.3. The second-order valence-corrected chi connectivity index (χ2v) is 6.75. The molecule has 0 bridgehead atoms. The van der Waals surface area contributed by atoms with E-state index in [1.165, 1.54) is 12.8 Å². The van der Waals surface area contributed by atoms with E-state index in [1.54, 1.807) is 31.6 Å². The number of nitrogens with one attached hydrogen (secondary N) is 1. The average molecular weight is 370 g/mol. The second-order valence-electron chi connectivity index (χ2n) is 6.75. The minimum atomic E-state index is -0.440. The number of carbonyl (C=O) groups excluding carboxylic acids is 1. The molecule has 3 N–H and O–H groups in total. The summed E-state index contributed by atoms with van der Waals surface area (Å²) >= 11 is 0. The van der Waals surface area contributed by atoms with Gasteiger partial charge in [-0.2, -0.15) is 0 Å². The number of hydrogen-bond acceptors (Lipinski definition) is 7. The first kappa shape index (κ1) is 19.1. The van der Waals surface area contributed by atoms with E-state index in [4.69, 9.17) is 15.2 Å². The molecule has 7 heteroatoms. The van der Waals surface area contributed by atoms with Crippen molar-refractivity contribution in [3.63, 3.8) is 0 Å².